The number of aliphatic hydroxyl groups is 1. The van der Waals surface area contributed by atoms with Crippen LogP contribution in [0.1, 0.15) is 5.69 Å². The molecule has 0 aliphatic carbocycles. The van der Waals surface area contributed by atoms with E-state index in [4.69, 9.17) is 11.6 Å². The van der Waals surface area contributed by atoms with Crippen LogP contribution in [-0.2, 0) is 6.61 Å². The summed E-state index contributed by atoms with van der Waals surface area (Å²) in [6.45, 7) is -0.254. The molecular formula is C15H12ClN3O2. The Morgan fingerprint density at radius 2 is 1.95 bits per heavy atom. The summed E-state index contributed by atoms with van der Waals surface area (Å²) >= 11 is 5.82. The van der Waals surface area contributed by atoms with Crippen molar-refractivity contribution in [2.75, 3.05) is 0 Å². The highest BCUT2D eigenvalue weighted by Gasteiger charge is 2.12. The van der Waals surface area contributed by atoms with Crippen molar-refractivity contribution in [3.05, 3.63) is 59.6 Å². The quantitative estimate of drug-likeness (QED) is 0.730. The summed E-state index contributed by atoms with van der Waals surface area (Å²) in [5.74, 6) is 0.0850. The van der Waals surface area contributed by atoms with E-state index < -0.39 is 0 Å². The normalized spacial score (nSPS) is 10.8. The summed E-state index contributed by atoms with van der Waals surface area (Å²) in [7, 11) is 0. The van der Waals surface area contributed by atoms with Crippen molar-refractivity contribution < 1.29 is 10.2 Å². The van der Waals surface area contributed by atoms with Crippen molar-refractivity contribution in [2.24, 2.45) is 0 Å². The maximum absolute atomic E-state index is 10.2. The number of nitrogens with zero attached hydrogens (tertiary/aromatic N) is 3. The lowest BCUT2D eigenvalue weighted by molar-refractivity contribution is 0.277. The Balaban J connectivity index is 2.08. The molecule has 0 aliphatic heterocycles. The largest absolute Gasteiger partial charge is 0.507 e. The van der Waals surface area contributed by atoms with Crippen LogP contribution in [0, 0.1) is 0 Å². The molecule has 0 radical (unpaired) electrons. The molecule has 0 fully saturated rings. The number of aromatic nitrogens is 3. The number of hydrogen-bond donors (Lipinski definition) is 2. The highest BCUT2D eigenvalue weighted by Crippen LogP contribution is 2.33. The standard InChI is InChI=1S/C15H12ClN3O2/c16-15-5-4-11(13(9-20)18-15)12-3-2-10(8-14(12)21)19-7-1-6-17-19/h1-8,20-21H,9H2. The lowest BCUT2D eigenvalue weighted by Gasteiger charge is -2.11. The number of phenolic OH excluding ortho intramolecular Hbond substituents is 1. The van der Waals surface area contributed by atoms with Crippen LogP contribution in [-0.4, -0.2) is 25.0 Å². The summed E-state index contributed by atoms with van der Waals surface area (Å²) in [5, 5.41) is 24.0. The molecule has 6 heteroatoms. The number of aromatic hydroxyl groups is 1. The van der Waals surface area contributed by atoms with Gasteiger partial charge in [0.25, 0.3) is 0 Å². The molecule has 0 spiro atoms. The van der Waals surface area contributed by atoms with Crippen LogP contribution in [0.5, 0.6) is 5.75 Å². The first-order valence-corrected chi connectivity index (χ1v) is 6.66. The van der Waals surface area contributed by atoms with Crippen molar-refractivity contribution in [1.82, 2.24) is 14.8 Å². The van der Waals surface area contributed by atoms with Crippen LogP contribution in [0.25, 0.3) is 16.8 Å². The summed E-state index contributed by atoms with van der Waals surface area (Å²) in [5.41, 5.74) is 2.39. The van der Waals surface area contributed by atoms with E-state index in [2.05, 4.69) is 10.1 Å². The second-order valence-corrected chi connectivity index (χ2v) is 4.83. The van der Waals surface area contributed by atoms with Gasteiger partial charge in [0.1, 0.15) is 10.9 Å². The molecule has 2 heterocycles. The summed E-state index contributed by atoms with van der Waals surface area (Å²) in [6, 6.07) is 10.4. The topological polar surface area (TPSA) is 71.2 Å². The molecule has 3 rings (SSSR count). The third kappa shape index (κ3) is 2.61. The Morgan fingerprint density at radius 3 is 2.62 bits per heavy atom. The van der Waals surface area contributed by atoms with Crippen LogP contribution >= 0.6 is 11.6 Å². The number of pyridine rings is 1. The molecule has 0 bridgehead atoms. The first-order chi connectivity index (χ1) is 10.2. The molecule has 2 aromatic heterocycles. The SMILES string of the molecule is OCc1nc(Cl)ccc1-c1ccc(-n2cccn2)cc1O. The van der Waals surface area contributed by atoms with Gasteiger partial charge in [-0.15, -0.1) is 0 Å². The van der Waals surface area contributed by atoms with Crippen LogP contribution in [0.15, 0.2) is 48.8 Å². The Labute approximate surface area is 126 Å². The van der Waals surface area contributed by atoms with E-state index in [0.717, 1.165) is 5.69 Å². The van der Waals surface area contributed by atoms with E-state index in [1.807, 2.05) is 6.07 Å². The second kappa shape index (κ2) is 5.55. The molecule has 21 heavy (non-hydrogen) atoms. The zero-order valence-corrected chi connectivity index (χ0v) is 11.7. The lowest BCUT2D eigenvalue weighted by atomic mass is 10.0. The van der Waals surface area contributed by atoms with Crippen LogP contribution < -0.4 is 0 Å². The summed E-state index contributed by atoms with van der Waals surface area (Å²) < 4.78 is 1.65. The van der Waals surface area contributed by atoms with E-state index in [1.165, 1.54) is 0 Å². The molecule has 0 atom stereocenters. The predicted molar refractivity (Wildman–Crippen MR) is 79.4 cm³/mol. The van der Waals surface area contributed by atoms with E-state index in [9.17, 15) is 10.2 Å². The zero-order chi connectivity index (χ0) is 14.8. The number of rotatable bonds is 3. The van der Waals surface area contributed by atoms with E-state index in [-0.39, 0.29) is 12.4 Å². The molecule has 1 aromatic carbocycles. The molecule has 5 nitrogen and oxygen atoms in total. The minimum atomic E-state index is -0.254. The van der Waals surface area contributed by atoms with E-state index >= 15 is 0 Å². The number of halogens is 1. The van der Waals surface area contributed by atoms with Crippen molar-refractivity contribution in [1.29, 1.82) is 0 Å². The zero-order valence-electron chi connectivity index (χ0n) is 10.9. The summed E-state index contributed by atoms with van der Waals surface area (Å²) in [4.78, 5) is 4.07. The van der Waals surface area contributed by atoms with Crippen molar-refractivity contribution in [3.8, 4) is 22.6 Å². The maximum Gasteiger partial charge on any atom is 0.129 e. The minimum Gasteiger partial charge on any atom is -0.507 e. The maximum atomic E-state index is 10.2. The van der Waals surface area contributed by atoms with Crippen LogP contribution in [0.3, 0.4) is 0 Å². The van der Waals surface area contributed by atoms with Gasteiger partial charge in [-0.2, -0.15) is 5.10 Å². The Kier molecular flexibility index (Phi) is 3.60. The Hall–Kier alpha value is -2.37. The van der Waals surface area contributed by atoms with Crippen molar-refractivity contribution in [2.45, 2.75) is 6.61 Å². The fourth-order valence-electron chi connectivity index (χ4n) is 2.15. The fourth-order valence-corrected chi connectivity index (χ4v) is 2.32. The average molecular weight is 302 g/mol. The van der Waals surface area contributed by atoms with Gasteiger partial charge in [0.05, 0.1) is 18.0 Å². The number of phenols is 1. The molecule has 0 unspecified atom stereocenters. The molecule has 106 valence electrons. The molecule has 0 aliphatic rings. The minimum absolute atomic E-state index is 0.0850. The Bertz CT molecular complexity index is 773. The average Bonchev–Trinajstić information content (AvgIpc) is 3.01. The highest BCUT2D eigenvalue weighted by atomic mass is 35.5. The van der Waals surface area contributed by atoms with Crippen LogP contribution in [0.2, 0.25) is 5.15 Å². The highest BCUT2D eigenvalue weighted by molar-refractivity contribution is 6.29. The van der Waals surface area contributed by atoms with E-state index in [0.29, 0.717) is 22.0 Å². The van der Waals surface area contributed by atoms with Crippen LogP contribution in [0.4, 0.5) is 0 Å². The smallest absolute Gasteiger partial charge is 0.129 e. The van der Waals surface area contributed by atoms with Gasteiger partial charge < -0.3 is 10.2 Å². The van der Waals surface area contributed by atoms with Crippen molar-refractivity contribution >= 4 is 11.6 Å². The number of hydrogen-bond acceptors (Lipinski definition) is 4. The number of benzene rings is 1. The third-order valence-electron chi connectivity index (χ3n) is 3.13. The van der Waals surface area contributed by atoms with Gasteiger partial charge in [-0.25, -0.2) is 9.67 Å². The second-order valence-electron chi connectivity index (χ2n) is 4.44. The predicted octanol–water partition coefficient (Wildman–Crippen LogP) is 2.79. The molecule has 0 saturated carbocycles. The van der Waals surface area contributed by atoms with E-state index in [1.54, 1.807) is 47.4 Å². The van der Waals surface area contributed by atoms with Gasteiger partial charge in [0.2, 0.25) is 0 Å². The number of aliphatic hydroxyl groups excluding tert-OH is 1. The van der Waals surface area contributed by atoms with Gasteiger partial charge in [-0.3, -0.25) is 0 Å². The molecule has 0 saturated heterocycles. The van der Waals surface area contributed by atoms with Gasteiger partial charge in [0, 0.05) is 29.6 Å². The van der Waals surface area contributed by atoms with Crippen molar-refractivity contribution in [3.63, 3.8) is 0 Å². The fraction of sp³-hybridized carbons (Fsp3) is 0.0667. The van der Waals surface area contributed by atoms with Gasteiger partial charge in [0.15, 0.2) is 0 Å². The van der Waals surface area contributed by atoms with Gasteiger partial charge in [-0.1, -0.05) is 11.6 Å². The Morgan fingerprint density at radius 1 is 1.14 bits per heavy atom. The summed E-state index contributed by atoms with van der Waals surface area (Å²) in [6.07, 6.45) is 3.45. The molecule has 3 aromatic rings. The monoisotopic (exact) mass is 301 g/mol. The molecule has 2 N–H and O–H groups in total. The van der Waals surface area contributed by atoms with Gasteiger partial charge >= 0.3 is 0 Å². The first-order valence-electron chi connectivity index (χ1n) is 6.28. The molecule has 0 amide bonds. The molecular weight excluding hydrogens is 290 g/mol. The van der Waals surface area contributed by atoms with Gasteiger partial charge in [-0.05, 0) is 30.3 Å². The first kappa shape index (κ1) is 13.6. The lowest BCUT2D eigenvalue weighted by Crippen LogP contribution is -1.97. The third-order valence-corrected chi connectivity index (χ3v) is 3.34.